The zero-order valence-electron chi connectivity index (χ0n) is 12.5. The Morgan fingerprint density at radius 1 is 1.24 bits per heavy atom. The second-order valence-corrected chi connectivity index (χ2v) is 7.80. The van der Waals surface area contributed by atoms with Crippen molar-refractivity contribution in [3.63, 3.8) is 0 Å². The molecule has 21 heavy (non-hydrogen) atoms. The van der Waals surface area contributed by atoms with Crippen LogP contribution in [-0.4, -0.2) is 55.1 Å². The van der Waals surface area contributed by atoms with Crippen LogP contribution < -0.4 is 4.72 Å². The standard InChI is InChI=1S/C13H24N2O5S/c1-9-7-15(8-10(2)20-9)21(18,19)14-12-5-3-4-11(6-12)13(16)17/h9-12,14H,3-8H2,1-2H3,(H,16,17). The number of aliphatic carboxylic acids is 1. The molecule has 0 aromatic heterocycles. The largest absolute Gasteiger partial charge is 0.481 e. The molecule has 2 aliphatic rings. The Kier molecular flexibility index (Phi) is 5.24. The van der Waals surface area contributed by atoms with Crippen LogP contribution in [0.1, 0.15) is 39.5 Å². The molecule has 1 heterocycles. The van der Waals surface area contributed by atoms with Crippen LogP contribution in [0.25, 0.3) is 0 Å². The second kappa shape index (κ2) is 6.60. The highest BCUT2D eigenvalue weighted by Gasteiger charge is 2.34. The van der Waals surface area contributed by atoms with E-state index in [2.05, 4.69) is 4.72 Å². The zero-order chi connectivity index (χ0) is 15.6. The van der Waals surface area contributed by atoms with Crippen molar-refractivity contribution in [1.29, 1.82) is 0 Å². The summed E-state index contributed by atoms with van der Waals surface area (Å²) in [5, 5.41) is 9.07. The summed E-state index contributed by atoms with van der Waals surface area (Å²) in [5.41, 5.74) is 0. The van der Waals surface area contributed by atoms with Crippen LogP contribution in [0.2, 0.25) is 0 Å². The van der Waals surface area contributed by atoms with Crippen molar-refractivity contribution in [2.75, 3.05) is 13.1 Å². The lowest BCUT2D eigenvalue weighted by molar-refractivity contribution is -0.143. The number of hydrogen-bond donors (Lipinski definition) is 2. The monoisotopic (exact) mass is 320 g/mol. The number of nitrogens with zero attached hydrogens (tertiary/aromatic N) is 1. The molecule has 4 atom stereocenters. The van der Waals surface area contributed by atoms with Crippen molar-refractivity contribution < 1.29 is 23.1 Å². The fraction of sp³-hybridized carbons (Fsp3) is 0.923. The molecule has 0 amide bonds. The maximum absolute atomic E-state index is 12.4. The van der Waals surface area contributed by atoms with Gasteiger partial charge in [0.1, 0.15) is 0 Å². The van der Waals surface area contributed by atoms with Crippen LogP contribution in [0.15, 0.2) is 0 Å². The van der Waals surface area contributed by atoms with Gasteiger partial charge in [-0.3, -0.25) is 4.79 Å². The first-order chi connectivity index (χ1) is 9.78. The van der Waals surface area contributed by atoms with Crippen LogP contribution >= 0.6 is 0 Å². The third kappa shape index (κ3) is 4.38. The molecule has 122 valence electrons. The molecule has 7 nitrogen and oxygen atoms in total. The molecule has 1 aliphatic carbocycles. The Balaban J connectivity index is 1.98. The van der Waals surface area contributed by atoms with E-state index in [9.17, 15) is 13.2 Å². The van der Waals surface area contributed by atoms with Gasteiger partial charge in [0.25, 0.3) is 10.2 Å². The van der Waals surface area contributed by atoms with Crippen molar-refractivity contribution >= 4 is 16.2 Å². The van der Waals surface area contributed by atoms with Crippen LogP contribution in [-0.2, 0) is 19.7 Å². The van der Waals surface area contributed by atoms with E-state index in [0.29, 0.717) is 32.4 Å². The van der Waals surface area contributed by atoms with Crippen molar-refractivity contribution in [1.82, 2.24) is 9.03 Å². The van der Waals surface area contributed by atoms with E-state index in [4.69, 9.17) is 9.84 Å². The summed E-state index contributed by atoms with van der Waals surface area (Å²) in [7, 11) is -3.59. The van der Waals surface area contributed by atoms with Gasteiger partial charge in [0.05, 0.1) is 18.1 Å². The minimum atomic E-state index is -3.59. The maximum atomic E-state index is 12.4. The molecule has 1 aliphatic heterocycles. The Morgan fingerprint density at radius 3 is 2.43 bits per heavy atom. The van der Waals surface area contributed by atoms with Crippen molar-refractivity contribution in [3.05, 3.63) is 0 Å². The Morgan fingerprint density at radius 2 is 1.86 bits per heavy atom. The van der Waals surface area contributed by atoms with E-state index in [1.54, 1.807) is 0 Å². The van der Waals surface area contributed by atoms with Crippen molar-refractivity contribution in [2.45, 2.75) is 57.8 Å². The summed E-state index contributed by atoms with van der Waals surface area (Å²) in [6.45, 7) is 4.35. The van der Waals surface area contributed by atoms with E-state index < -0.39 is 22.1 Å². The van der Waals surface area contributed by atoms with E-state index in [1.807, 2.05) is 13.8 Å². The number of carboxylic acids is 1. The number of carboxylic acid groups (broad SMARTS) is 1. The molecule has 1 saturated heterocycles. The topological polar surface area (TPSA) is 95.9 Å². The highest BCUT2D eigenvalue weighted by atomic mass is 32.2. The smallest absolute Gasteiger partial charge is 0.306 e. The first kappa shape index (κ1) is 16.7. The summed E-state index contributed by atoms with van der Waals surface area (Å²) in [6, 6.07) is -0.293. The molecule has 0 bridgehead atoms. The minimum Gasteiger partial charge on any atom is -0.481 e. The van der Waals surface area contributed by atoms with Crippen LogP contribution in [0.5, 0.6) is 0 Å². The van der Waals surface area contributed by atoms with Gasteiger partial charge in [-0.15, -0.1) is 0 Å². The van der Waals surface area contributed by atoms with Gasteiger partial charge in [-0.05, 0) is 33.1 Å². The molecule has 2 rings (SSSR count). The predicted molar refractivity (Wildman–Crippen MR) is 77.0 cm³/mol. The summed E-state index contributed by atoms with van der Waals surface area (Å²) >= 11 is 0. The van der Waals surface area contributed by atoms with Crippen LogP contribution in [0.3, 0.4) is 0 Å². The SMILES string of the molecule is CC1CN(S(=O)(=O)NC2CCCC(C(=O)O)C2)CC(C)O1. The van der Waals surface area contributed by atoms with E-state index in [1.165, 1.54) is 4.31 Å². The average molecular weight is 320 g/mol. The lowest BCUT2D eigenvalue weighted by Gasteiger charge is -2.36. The summed E-state index contributed by atoms with van der Waals surface area (Å²) in [4.78, 5) is 11.0. The van der Waals surface area contributed by atoms with Gasteiger partial charge in [0, 0.05) is 19.1 Å². The number of ether oxygens (including phenoxy) is 1. The summed E-state index contributed by atoms with van der Waals surface area (Å²) in [5.74, 6) is -1.29. The fourth-order valence-corrected chi connectivity index (χ4v) is 4.73. The highest BCUT2D eigenvalue weighted by Crippen LogP contribution is 2.25. The fourth-order valence-electron chi connectivity index (χ4n) is 3.13. The first-order valence-electron chi connectivity index (χ1n) is 7.43. The lowest BCUT2D eigenvalue weighted by Crippen LogP contribution is -2.54. The van der Waals surface area contributed by atoms with Gasteiger partial charge < -0.3 is 9.84 Å². The van der Waals surface area contributed by atoms with E-state index in [0.717, 1.165) is 6.42 Å². The number of hydrogen-bond acceptors (Lipinski definition) is 4. The van der Waals surface area contributed by atoms with Gasteiger partial charge in [-0.2, -0.15) is 17.4 Å². The van der Waals surface area contributed by atoms with Crippen molar-refractivity contribution in [3.8, 4) is 0 Å². The molecule has 1 saturated carbocycles. The normalized spacial score (nSPS) is 35.5. The number of nitrogens with one attached hydrogen (secondary N) is 1. The molecule has 8 heteroatoms. The Labute approximate surface area is 125 Å². The second-order valence-electron chi connectivity index (χ2n) is 6.10. The molecule has 4 unspecified atom stereocenters. The van der Waals surface area contributed by atoms with Gasteiger partial charge in [-0.25, -0.2) is 0 Å². The maximum Gasteiger partial charge on any atom is 0.306 e. The quantitative estimate of drug-likeness (QED) is 0.789. The molecule has 0 aromatic carbocycles. The van der Waals surface area contributed by atoms with Gasteiger partial charge in [-0.1, -0.05) is 6.42 Å². The van der Waals surface area contributed by atoms with Gasteiger partial charge in [0.2, 0.25) is 0 Å². The third-order valence-corrected chi connectivity index (χ3v) is 5.67. The first-order valence-corrected chi connectivity index (χ1v) is 8.87. The minimum absolute atomic E-state index is 0.136. The lowest BCUT2D eigenvalue weighted by atomic mass is 9.86. The molecular weight excluding hydrogens is 296 g/mol. The highest BCUT2D eigenvalue weighted by molar-refractivity contribution is 7.87. The van der Waals surface area contributed by atoms with Gasteiger partial charge in [0.15, 0.2) is 0 Å². The third-order valence-electron chi connectivity index (χ3n) is 4.07. The molecule has 2 N–H and O–H groups in total. The average Bonchev–Trinajstić information content (AvgIpc) is 2.37. The molecule has 2 fully saturated rings. The predicted octanol–water partition coefficient (Wildman–Crippen LogP) is 0.573. The Bertz CT molecular complexity index is 471. The molecule has 0 radical (unpaired) electrons. The number of rotatable bonds is 4. The molecule has 0 aromatic rings. The van der Waals surface area contributed by atoms with Crippen LogP contribution in [0, 0.1) is 5.92 Å². The molecular formula is C13H24N2O5S. The summed E-state index contributed by atoms with van der Waals surface area (Å²) < 4.78 is 34.5. The molecule has 0 spiro atoms. The van der Waals surface area contributed by atoms with Gasteiger partial charge >= 0.3 is 5.97 Å². The zero-order valence-corrected chi connectivity index (χ0v) is 13.3. The number of carbonyl (C=O) groups is 1. The number of morpholine rings is 1. The van der Waals surface area contributed by atoms with Crippen LogP contribution in [0.4, 0.5) is 0 Å². The van der Waals surface area contributed by atoms with Crippen molar-refractivity contribution in [2.24, 2.45) is 5.92 Å². The Hall–Kier alpha value is -0.700. The van der Waals surface area contributed by atoms with E-state index in [-0.39, 0.29) is 18.2 Å². The van der Waals surface area contributed by atoms with E-state index >= 15 is 0 Å². The summed E-state index contributed by atoms with van der Waals surface area (Å²) in [6.07, 6.45) is 2.15.